The lowest BCUT2D eigenvalue weighted by Crippen LogP contribution is -2.20. The molecule has 0 radical (unpaired) electrons. The molecule has 0 aliphatic carbocycles. The second-order valence-electron chi connectivity index (χ2n) is 7.79. The fraction of sp³-hybridized carbons (Fsp3) is 0.167. The van der Waals surface area contributed by atoms with Gasteiger partial charge in [0, 0.05) is 17.4 Å². The first-order chi connectivity index (χ1) is 16.3. The van der Waals surface area contributed by atoms with Gasteiger partial charge in [-0.25, -0.2) is 23.6 Å². The summed E-state index contributed by atoms with van der Waals surface area (Å²) >= 11 is 0. The molecule has 34 heavy (non-hydrogen) atoms. The van der Waals surface area contributed by atoms with E-state index in [1.165, 1.54) is 23.0 Å². The Kier molecular flexibility index (Phi) is 6.13. The molecule has 9 nitrogen and oxygen atoms in total. The Bertz CT molecular complexity index is 1400. The van der Waals surface area contributed by atoms with Crippen LogP contribution in [-0.2, 0) is 4.79 Å². The number of halogens is 1. The summed E-state index contributed by atoms with van der Waals surface area (Å²) in [4.78, 5) is 28.1. The Balaban J connectivity index is 1.67. The van der Waals surface area contributed by atoms with Crippen LogP contribution < -0.4 is 16.4 Å². The molecule has 0 saturated carbocycles. The molecule has 0 fully saturated rings. The Hall–Kier alpha value is -4.47. The van der Waals surface area contributed by atoms with E-state index in [0.29, 0.717) is 34.3 Å². The molecule has 2 aromatic carbocycles. The molecule has 0 saturated heterocycles. The van der Waals surface area contributed by atoms with Gasteiger partial charge in [-0.1, -0.05) is 25.1 Å². The largest absolute Gasteiger partial charge is 0.480 e. The molecule has 10 heteroatoms. The van der Waals surface area contributed by atoms with Gasteiger partial charge in [0.15, 0.2) is 0 Å². The third-order valence-electron chi connectivity index (χ3n) is 5.38. The van der Waals surface area contributed by atoms with Crippen LogP contribution in [0.5, 0.6) is 0 Å². The predicted molar refractivity (Wildman–Crippen MR) is 128 cm³/mol. The number of carbonyl (C=O) groups excluding carboxylic acids is 1. The van der Waals surface area contributed by atoms with Gasteiger partial charge < -0.3 is 21.5 Å². The molecular formula is C24H23FN6O3. The van der Waals surface area contributed by atoms with Crippen molar-refractivity contribution in [3.05, 3.63) is 66.1 Å². The minimum atomic E-state index is -1.04. The lowest BCUT2D eigenvalue weighted by Gasteiger charge is -2.11. The van der Waals surface area contributed by atoms with Gasteiger partial charge in [0.1, 0.15) is 23.4 Å². The van der Waals surface area contributed by atoms with Crippen LogP contribution in [0.25, 0.3) is 22.2 Å². The highest BCUT2D eigenvalue weighted by Crippen LogP contribution is 2.34. The molecule has 0 aliphatic rings. The number of amides is 2. The van der Waals surface area contributed by atoms with Crippen molar-refractivity contribution in [2.75, 3.05) is 16.4 Å². The van der Waals surface area contributed by atoms with Gasteiger partial charge in [-0.2, -0.15) is 5.10 Å². The zero-order valence-electron chi connectivity index (χ0n) is 18.5. The van der Waals surface area contributed by atoms with E-state index in [0.717, 1.165) is 5.56 Å². The number of aliphatic carboxylic acids is 1. The van der Waals surface area contributed by atoms with E-state index >= 15 is 0 Å². The molecule has 0 spiro atoms. The lowest BCUT2D eigenvalue weighted by atomic mass is 10.1. The van der Waals surface area contributed by atoms with Crippen molar-refractivity contribution in [2.24, 2.45) is 0 Å². The standard InChI is InChI=1S/C24H23FN6O3/c1-3-18(23(32)33)31-19-9-10-27-22(26)20(19)21(30-31)14-7-8-17(16(25)12-14)29-24(34)28-15-6-4-5-13(2)11-15/h4-12,18H,3H2,1-2H3,(H2,26,27)(H,32,33)(H2,28,29,34). The fourth-order valence-corrected chi connectivity index (χ4v) is 3.78. The number of fused-ring (bicyclic) bond motifs is 1. The number of hydrogen-bond donors (Lipinski definition) is 4. The van der Waals surface area contributed by atoms with Gasteiger partial charge in [-0.15, -0.1) is 0 Å². The summed E-state index contributed by atoms with van der Waals surface area (Å²) in [5.41, 5.74) is 8.75. The normalized spacial score (nSPS) is 11.9. The quantitative estimate of drug-likeness (QED) is 0.325. The van der Waals surface area contributed by atoms with Crippen LogP contribution in [0.15, 0.2) is 54.7 Å². The second kappa shape index (κ2) is 9.18. The number of carbonyl (C=O) groups is 2. The first-order valence-electron chi connectivity index (χ1n) is 10.6. The number of pyridine rings is 1. The maximum Gasteiger partial charge on any atom is 0.328 e. The van der Waals surface area contributed by atoms with Crippen molar-refractivity contribution in [3.63, 3.8) is 0 Å². The number of carboxylic acid groups (broad SMARTS) is 1. The van der Waals surface area contributed by atoms with E-state index in [4.69, 9.17) is 5.73 Å². The van der Waals surface area contributed by atoms with E-state index in [9.17, 15) is 19.1 Å². The maximum atomic E-state index is 14.9. The zero-order valence-corrected chi connectivity index (χ0v) is 18.5. The van der Waals surface area contributed by atoms with Crippen LogP contribution in [0.4, 0.5) is 26.4 Å². The zero-order chi connectivity index (χ0) is 24.4. The number of carboxylic acids is 1. The molecule has 0 bridgehead atoms. The van der Waals surface area contributed by atoms with Crippen LogP contribution >= 0.6 is 0 Å². The predicted octanol–water partition coefficient (Wildman–Crippen LogP) is 4.81. The highest BCUT2D eigenvalue weighted by atomic mass is 19.1. The van der Waals surface area contributed by atoms with Crippen LogP contribution in [-0.4, -0.2) is 31.9 Å². The van der Waals surface area contributed by atoms with Gasteiger partial charge >= 0.3 is 12.0 Å². The topological polar surface area (TPSA) is 135 Å². The summed E-state index contributed by atoms with van der Waals surface area (Å²) in [6, 6.07) is 11.5. The molecule has 0 aliphatic heterocycles. The third-order valence-corrected chi connectivity index (χ3v) is 5.38. The Labute approximate surface area is 194 Å². The van der Waals surface area contributed by atoms with E-state index in [2.05, 4.69) is 20.7 Å². The monoisotopic (exact) mass is 462 g/mol. The number of nitrogen functional groups attached to an aromatic ring is 1. The van der Waals surface area contributed by atoms with Crippen LogP contribution in [0.3, 0.4) is 0 Å². The van der Waals surface area contributed by atoms with Gasteiger partial charge in [0.25, 0.3) is 0 Å². The molecule has 4 aromatic rings. The van der Waals surface area contributed by atoms with E-state index in [1.54, 1.807) is 37.3 Å². The minimum Gasteiger partial charge on any atom is -0.480 e. The summed E-state index contributed by atoms with van der Waals surface area (Å²) < 4.78 is 16.3. The third kappa shape index (κ3) is 4.38. The molecule has 2 amide bonds. The number of hydrogen-bond acceptors (Lipinski definition) is 5. The number of aromatic nitrogens is 3. The van der Waals surface area contributed by atoms with Gasteiger partial charge in [-0.05, 0) is 49.2 Å². The minimum absolute atomic E-state index is 0.0271. The van der Waals surface area contributed by atoms with Crippen LogP contribution in [0, 0.1) is 12.7 Å². The summed E-state index contributed by atoms with van der Waals surface area (Å²) in [5, 5.41) is 19.6. The Morgan fingerprint density at radius 3 is 2.65 bits per heavy atom. The molecule has 1 atom stereocenters. The molecule has 2 aromatic heterocycles. The SMILES string of the molecule is CCC(C(=O)O)n1nc(-c2ccc(NC(=O)Nc3cccc(C)c3)c(F)c2)c2c(N)nccc21. The van der Waals surface area contributed by atoms with Crippen molar-refractivity contribution in [3.8, 4) is 11.3 Å². The summed E-state index contributed by atoms with van der Waals surface area (Å²) in [6.07, 6.45) is 1.76. The summed E-state index contributed by atoms with van der Waals surface area (Å²) in [7, 11) is 0. The van der Waals surface area contributed by atoms with Crippen molar-refractivity contribution in [1.29, 1.82) is 0 Å². The summed E-state index contributed by atoms with van der Waals surface area (Å²) in [5.74, 6) is -1.58. The first kappa shape index (κ1) is 22.7. The van der Waals surface area contributed by atoms with Gasteiger partial charge in [0.2, 0.25) is 0 Å². The van der Waals surface area contributed by atoms with Gasteiger partial charge in [0.05, 0.1) is 16.6 Å². The number of benzene rings is 2. The van der Waals surface area contributed by atoms with Crippen molar-refractivity contribution in [1.82, 2.24) is 14.8 Å². The molecule has 4 rings (SSSR count). The van der Waals surface area contributed by atoms with Crippen molar-refractivity contribution in [2.45, 2.75) is 26.3 Å². The number of aryl methyl sites for hydroxylation is 1. The maximum absolute atomic E-state index is 14.9. The molecule has 5 N–H and O–H groups in total. The number of nitrogens with two attached hydrogens (primary N) is 1. The average molecular weight is 462 g/mol. The second-order valence-corrected chi connectivity index (χ2v) is 7.79. The summed E-state index contributed by atoms with van der Waals surface area (Å²) in [6.45, 7) is 3.63. The molecular weight excluding hydrogens is 439 g/mol. The smallest absolute Gasteiger partial charge is 0.328 e. The van der Waals surface area contributed by atoms with Crippen LogP contribution in [0.1, 0.15) is 24.9 Å². The van der Waals surface area contributed by atoms with Crippen molar-refractivity contribution < 1.29 is 19.1 Å². The average Bonchev–Trinajstić information content (AvgIpc) is 3.16. The molecule has 1 unspecified atom stereocenters. The number of urea groups is 1. The number of nitrogens with zero attached hydrogens (tertiary/aromatic N) is 3. The highest BCUT2D eigenvalue weighted by Gasteiger charge is 2.25. The fourth-order valence-electron chi connectivity index (χ4n) is 3.78. The Morgan fingerprint density at radius 2 is 1.97 bits per heavy atom. The number of anilines is 3. The van der Waals surface area contributed by atoms with E-state index in [1.807, 2.05) is 13.0 Å². The first-order valence-corrected chi connectivity index (χ1v) is 10.6. The molecule has 174 valence electrons. The van der Waals surface area contributed by atoms with Crippen molar-refractivity contribution >= 4 is 40.1 Å². The lowest BCUT2D eigenvalue weighted by molar-refractivity contribution is -0.141. The number of nitrogens with one attached hydrogen (secondary N) is 2. The number of rotatable bonds is 6. The van der Waals surface area contributed by atoms with Gasteiger partial charge in [-0.3, -0.25) is 0 Å². The highest BCUT2D eigenvalue weighted by molar-refractivity contribution is 6.02. The van der Waals surface area contributed by atoms with E-state index in [-0.39, 0.29) is 11.5 Å². The molecule has 2 heterocycles. The van der Waals surface area contributed by atoms with Crippen LogP contribution in [0.2, 0.25) is 0 Å². The van der Waals surface area contributed by atoms with E-state index < -0.39 is 23.9 Å². The Morgan fingerprint density at radius 1 is 1.18 bits per heavy atom.